The molecule has 4 nitrogen and oxygen atoms in total. The number of para-hydroxylation sites is 3. The van der Waals surface area contributed by atoms with Crippen molar-refractivity contribution in [2.75, 3.05) is 0 Å². The fourth-order valence-electron chi connectivity index (χ4n) is 10.1. The number of fused-ring (bicyclic) bond motifs is 15. The summed E-state index contributed by atoms with van der Waals surface area (Å²) in [6.07, 6.45) is 6.65. The van der Waals surface area contributed by atoms with Crippen molar-refractivity contribution in [2.24, 2.45) is 0 Å². The van der Waals surface area contributed by atoms with E-state index in [1.807, 2.05) is 0 Å². The highest BCUT2D eigenvalue weighted by Crippen LogP contribution is 2.46. The molecule has 2 unspecified atom stereocenters. The van der Waals surface area contributed by atoms with Crippen molar-refractivity contribution in [1.29, 1.82) is 0 Å². The third-order valence-corrected chi connectivity index (χ3v) is 12.5. The summed E-state index contributed by atoms with van der Waals surface area (Å²) in [5.41, 5.74) is 15.9. The third kappa shape index (κ3) is 4.41. The van der Waals surface area contributed by atoms with Gasteiger partial charge in [-0.3, -0.25) is 0 Å². The summed E-state index contributed by atoms with van der Waals surface area (Å²) in [4.78, 5) is 0. The number of aromatic nitrogens is 4. The molecule has 56 heavy (non-hydrogen) atoms. The maximum atomic E-state index is 5.04. The van der Waals surface area contributed by atoms with Crippen LogP contribution in [0.2, 0.25) is 0 Å². The Labute approximate surface area is 325 Å². The SMILES string of the molecule is C=C1C2C(CCc3ccccc3-c3cc4c5cc6c7ccccc7n(-c7ccccc7)c6cc5n(-c5ccccc5)c4c[n+]31)c1ccccc1-c1cccc[n+]12. The fraction of sp³-hybridized carbons (Fsp3) is 0.0769. The lowest BCUT2D eigenvalue weighted by Gasteiger charge is -2.29. The molecule has 4 aromatic heterocycles. The molecule has 4 heteroatoms. The maximum Gasteiger partial charge on any atom is 0.249 e. The molecule has 264 valence electrons. The Bertz CT molecular complexity index is 3220. The van der Waals surface area contributed by atoms with Gasteiger partial charge in [0.1, 0.15) is 5.52 Å². The number of pyridine rings is 2. The molecule has 0 spiro atoms. The van der Waals surface area contributed by atoms with E-state index in [1.165, 1.54) is 71.7 Å². The third-order valence-electron chi connectivity index (χ3n) is 12.5. The molecule has 0 saturated carbocycles. The number of hydrogen-bond donors (Lipinski definition) is 0. The van der Waals surface area contributed by atoms with Crippen LogP contribution in [0.3, 0.4) is 0 Å². The zero-order chi connectivity index (χ0) is 36.9. The molecular weight excluding hydrogens is 681 g/mol. The number of hydrogen-bond acceptors (Lipinski definition) is 0. The maximum absolute atomic E-state index is 5.04. The van der Waals surface area contributed by atoms with Gasteiger partial charge in [0.25, 0.3) is 0 Å². The van der Waals surface area contributed by atoms with Crippen LogP contribution in [-0.2, 0) is 6.42 Å². The fourth-order valence-corrected chi connectivity index (χ4v) is 10.1. The van der Waals surface area contributed by atoms with Gasteiger partial charge >= 0.3 is 0 Å². The molecule has 6 aromatic carbocycles. The number of allylic oxidation sites excluding steroid dienone is 1. The smallest absolute Gasteiger partial charge is 0.249 e. The summed E-state index contributed by atoms with van der Waals surface area (Å²) in [6.45, 7) is 5.04. The molecule has 2 atom stereocenters. The van der Waals surface area contributed by atoms with Crippen molar-refractivity contribution in [2.45, 2.75) is 24.8 Å². The van der Waals surface area contributed by atoms with Crippen molar-refractivity contribution in [3.8, 4) is 33.9 Å². The molecule has 10 aromatic rings. The molecule has 0 fully saturated rings. The van der Waals surface area contributed by atoms with Gasteiger partial charge < -0.3 is 9.13 Å². The van der Waals surface area contributed by atoms with Gasteiger partial charge in [0.2, 0.25) is 23.1 Å². The minimum atomic E-state index is 0.0332. The first-order chi connectivity index (χ1) is 27.7. The first-order valence-electron chi connectivity index (χ1n) is 19.7. The quantitative estimate of drug-likeness (QED) is 0.158. The summed E-state index contributed by atoms with van der Waals surface area (Å²) < 4.78 is 9.80. The topological polar surface area (TPSA) is 17.6 Å². The zero-order valence-electron chi connectivity index (χ0n) is 30.9. The van der Waals surface area contributed by atoms with Crippen molar-refractivity contribution in [3.63, 3.8) is 0 Å². The Morgan fingerprint density at radius 2 is 1.12 bits per heavy atom. The van der Waals surface area contributed by atoms with Crippen molar-refractivity contribution in [1.82, 2.24) is 9.13 Å². The second kappa shape index (κ2) is 12.0. The van der Waals surface area contributed by atoms with Gasteiger partial charge in [-0.25, -0.2) is 0 Å². The Balaban J connectivity index is 1.20. The molecule has 2 aliphatic heterocycles. The van der Waals surface area contributed by atoms with Gasteiger partial charge in [-0.05, 0) is 91.2 Å². The molecule has 0 saturated heterocycles. The number of nitrogens with zero attached hydrogens (tertiary/aromatic N) is 4. The normalized spacial score (nSPS) is 16.1. The van der Waals surface area contributed by atoms with Crippen LogP contribution in [0, 0.1) is 0 Å². The highest BCUT2D eigenvalue weighted by atomic mass is 15.1. The molecule has 12 rings (SSSR count). The summed E-state index contributed by atoms with van der Waals surface area (Å²) in [5.74, 6) is 0.257. The molecule has 6 heterocycles. The van der Waals surface area contributed by atoms with Crippen molar-refractivity contribution >= 4 is 49.3 Å². The zero-order valence-corrected chi connectivity index (χ0v) is 30.9. The molecule has 2 aliphatic rings. The van der Waals surface area contributed by atoms with E-state index >= 15 is 0 Å². The van der Waals surface area contributed by atoms with Crippen LogP contribution in [0.4, 0.5) is 0 Å². The van der Waals surface area contributed by atoms with E-state index in [4.69, 9.17) is 6.58 Å². The highest BCUT2D eigenvalue weighted by molar-refractivity contribution is 6.19. The summed E-state index contributed by atoms with van der Waals surface area (Å²) in [6, 6.07) is 62.4. The number of aryl methyl sites for hydroxylation is 1. The lowest BCUT2D eigenvalue weighted by Crippen LogP contribution is -2.53. The molecule has 0 amide bonds. The molecular formula is C52H38N4+2. The Morgan fingerprint density at radius 1 is 0.500 bits per heavy atom. The Morgan fingerprint density at radius 3 is 1.93 bits per heavy atom. The van der Waals surface area contributed by atoms with E-state index in [0.29, 0.717) is 0 Å². The Kier molecular flexibility index (Phi) is 6.70. The summed E-state index contributed by atoms with van der Waals surface area (Å²) in [7, 11) is 0. The predicted octanol–water partition coefficient (Wildman–Crippen LogP) is 11.5. The first kappa shape index (κ1) is 31.3. The van der Waals surface area contributed by atoms with Crippen LogP contribution in [-0.4, -0.2) is 9.13 Å². The van der Waals surface area contributed by atoms with Crippen molar-refractivity contribution < 1.29 is 9.13 Å². The molecule has 0 aliphatic carbocycles. The monoisotopic (exact) mass is 718 g/mol. The van der Waals surface area contributed by atoms with E-state index in [9.17, 15) is 0 Å². The first-order valence-corrected chi connectivity index (χ1v) is 19.7. The van der Waals surface area contributed by atoms with E-state index in [1.54, 1.807) is 0 Å². The van der Waals surface area contributed by atoms with E-state index in [-0.39, 0.29) is 12.0 Å². The van der Waals surface area contributed by atoms with Crippen LogP contribution in [0.1, 0.15) is 29.5 Å². The van der Waals surface area contributed by atoms with E-state index in [0.717, 1.165) is 35.4 Å². The van der Waals surface area contributed by atoms with Crippen LogP contribution < -0.4 is 9.13 Å². The van der Waals surface area contributed by atoms with Crippen molar-refractivity contribution in [3.05, 3.63) is 200 Å². The van der Waals surface area contributed by atoms with Crippen LogP contribution >= 0.6 is 0 Å². The minimum Gasteiger partial charge on any atom is -0.309 e. The molecule has 0 radical (unpaired) electrons. The number of rotatable bonds is 2. The van der Waals surface area contributed by atoms with Gasteiger partial charge in [-0.15, -0.1) is 0 Å². The van der Waals surface area contributed by atoms with Gasteiger partial charge in [-0.1, -0.05) is 91.0 Å². The molecule has 0 N–H and O–H groups in total. The Hall–Kier alpha value is -7.04. The second-order valence-corrected chi connectivity index (χ2v) is 15.4. The van der Waals surface area contributed by atoms with Crippen LogP contribution in [0.25, 0.3) is 83.2 Å². The standard InChI is InChI=1S/C52H38N4/c1-34-52-42(39-22-10-11-23-40(39)46-25-14-15-29-53(46)52)28-27-35-16-8-9-21-38(35)48-31-45-44-30-43-41-24-12-13-26-47(41)55(36-17-4-2-5-18-36)49(43)32-50(44)56(51(45)33-54(34)48)37-19-6-3-7-20-37/h2-26,29-33,42,52H,1,27-28H2/q+2. The lowest BCUT2D eigenvalue weighted by molar-refractivity contribution is -0.727. The average Bonchev–Trinajstić information content (AvgIpc) is 3.77. The summed E-state index contributed by atoms with van der Waals surface area (Å²) >= 11 is 0. The average molecular weight is 719 g/mol. The minimum absolute atomic E-state index is 0.0332. The van der Waals surface area contributed by atoms with Crippen LogP contribution in [0.5, 0.6) is 0 Å². The predicted molar refractivity (Wildman–Crippen MR) is 228 cm³/mol. The van der Waals surface area contributed by atoms with Gasteiger partial charge in [0.15, 0.2) is 12.4 Å². The van der Waals surface area contributed by atoms with Gasteiger partial charge in [0.05, 0.1) is 22.5 Å². The largest absolute Gasteiger partial charge is 0.309 e. The molecule has 0 bridgehead atoms. The highest BCUT2D eigenvalue weighted by Gasteiger charge is 2.47. The van der Waals surface area contributed by atoms with E-state index < -0.39 is 0 Å². The summed E-state index contributed by atoms with van der Waals surface area (Å²) in [5, 5.41) is 4.97. The van der Waals surface area contributed by atoms with Crippen LogP contribution in [0.15, 0.2) is 189 Å². The van der Waals surface area contributed by atoms with E-state index in [2.05, 4.69) is 201 Å². The lowest BCUT2D eigenvalue weighted by atomic mass is 9.78. The number of benzene rings is 6. The van der Waals surface area contributed by atoms with Gasteiger partial charge in [-0.2, -0.15) is 9.13 Å². The second-order valence-electron chi connectivity index (χ2n) is 15.4. The van der Waals surface area contributed by atoms with Gasteiger partial charge in [0, 0.05) is 62.2 Å².